The molecule has 1 saturated heterocycles. The van der Waals surface area contributed by atoms with Gasteiger partial charge in [0.2, 0.25) is 0 Å². The van der Waals surface area contributed by atoms with Crippen molar-refractivity contribution in [2.75, 3.05) is 18.0 Å². The van der Waals surface area contributed by atoms with Gasteiger partial charge in [-0.15, -0.1) is 0 Å². The molecule has 0 amide bonds. The van der Waals surface area contributed by atoms with Crippen LogP contribution in [0.15, 0.2) is 30.3 Å². The monoisotopic (exact) mass is 302 g/mol. The van der Waals surface area contributed by atoms with E-state index in [0.29, 0.717) is 0 Å². The lowest BCUT2D eigenvalue weighted by molar-refractivity contribution is 0.286. The Morgan fingerprint density at radius 1 is 1.33 bits per heavy atom. The number of benzene rings is 1. The van der Waals surface area contributed by atoms with Crippen LogP contribution in [0.2, 0.25) is 0 Å². The average molecular weight is 302 g/mol. The van der Waals surface area contributed by atoms with Crippen LogP contribution in [-0.2, 0) is 6.61 Å². The largest absolute Gasteiger partial charge is 0.391 e. The average Bonchev–Trinajstić information content (AvgIpc) is 3.14. The highest BCUT2D eigenvalue weighted by Crippen LogP contribution is 2.36. The minimum atomic E-state index is 0.0589. The molecule has 1 aromatic carbocycles. The molecule has 1 fully saturated rings. The van der Waals surface area contributed by atoms with Crippen molar-refractivity contribution in [2.45, 2.75) is 26.9 Å². The molecule has 1 aliphatic heterocycles. The molecule has 1 aliphatic rings. The van der Waals surface area contributed by atoms with Crippen molar-refractivity contribution < 1.29 is 5.11 Å². The Morgan fingerprint density at radius 3 is 2.71 bits per heavy atom. The van der Waals surface area contributed by atoms with Crippen LogP contribution >= 0.6 is 11.3 Å². The quantitative estimate of drug-likeness (QED) is 0.933. The van der Waals surface area contributed by atoms with Crippen molar-refractivity contribution in [2.24, 2.45) is 11.8 Å². The van der Waals surface area contributed by atoms with Gasteiger partial charge in [-0.1, -0.05) is 55.5 Å². The zero-order valence-electron chi connectivity index (χ0n) is 12.6. The summed E-state index contributed by atoms with van der Waals surface area (Å²) < 4.78 is 0. The number of thiazole rings is 1. The number of nitrogens with zero attached hydrogens (tertiary/aromatic N) is 2. The summed E-state index contributed by atoms with van der Waals surface area (Å²) in [5.74, 6) is 1.48. The van der Waals surface area contributed by atoms with E-state index >= 15 is 0 Å². The molecule has 0 saturated carbocycles. The van der Waals surface area contributed by atoms with Gasteiger partial charge in [-0.3, -0.25) is 0 Å². The zero-order valence-corrected chi connectivity index (χ0v) is 13.4. The molecule has 0 bridgehead atoms. The van der Waals surface area contributed by atoms with Gasteiger partial charge < -0.3 is 10.0 Å². The first-order chi connectivity index (χ1) is 10.2. The number of aromatic nitrogens is 1. The van der Waals surface area contributed by atoms with E-state index < -0.39 is 0 Å². The molecule has 0 spiro atoms. The summed E-state index contributed by atoms with van der Waals surface area (Å²) in [5.41, 5.74) is 2.02. The normalized spacial score (nSPS) is 18.7. The number of hydrogen-bond donors (Lipinski definition) is 1. The van der Waals surface area contributed by atoms with E-state index in [4.69, 9.17) is 4.98 Å². The molecular weight excluding hydrogens is 280 g/mol. The molecule has 1 atom stereocenters. The molecule has 1 N–H and O–H groups in total. The third kappa shape index (κ3) is 2.97. The first kappa shape index (κ1) is 14.5. The van der Waals surface area contributed by atoms with Gasteiger partial charge >= 0.3 is 0 Å². The summed E-state index contributed by atoms with van der Waals surface area (Å²) in [6.07, 6.45) is 1.24. The molecule has 1 unspecified atom stereocenters. The number of hydrogen-bond acceptors (Lipinski definition) is 4. The molecule has 4 heteroatoms. The van der Waals surface area contributed by atoms with Crippen molar-refractivity contribution in [3.8, 4) is 11.3 Å². The van der Waals surface area contributed by atoms with Crippen molar-refractivity contribution in [3.05, 3.63) is 35.2 Å². The van der Waals surface area contributed by atoms with Gasteiger partial charge in [0.15, 0.2) is 5.13 Å². The Hall–Kier alpha value is -1.39. The van der Waals surface area contributed by atoms with E-state index in [-0.39, 0.29) is 6.61 Å². The standard InChI is InChI=1S/C17H22N2OS/c1-12(2)14-8-9-19(10-14)17-18-16(15(11-20)21-17)13-6-4-3-5-7-13/h3-7,12,14,20H,8-11H2,1-2H3. The topological polar surface area (TPSA) is 36.4 Å². The SMILES string of the molecule is CC(C)C1CCN(c2nc(-c3ccccc3)c(CO)s2)C1. The Labute approximate surface area is 130 Å². The van der Waals surface area contributed by atoms with Gasteiger partial charge in [0.1, 0.15) is 0 Å². The molecule has 1 aromatic heterocycles. The second-order valence-corrected chi connectivity index (χ2v) is 7.09. The number of anilines is 1. The van der Waals surface area contributed by atoms with Crippen LogP contribution in [0.4, 0.5) is 5.13 Å². The predicted molar refractivity (Wildman–Crippen MR) is 88.6 cm³/mol. The van der Waals surface area contributed by atoms with Crippen LogP contribution < -0.4 is 4.90 Å². The van der Waals surface area contributed by atoms with Gasteiger partial charge in [0.05, 0.1) is 17.2 Å². The smallest absolute Gasteiger partial charge is 0.186 e. The molecule has 112 valence electrons. The van der Waals surface area contributed by atoms with Crippen molar-refractivity contribution >= 4 is 16.5 Å². The fraction of sp³-hybridized carbons (Fsp3) is 0.471. The van der Waals surface area contributed by atoms with Gasteiger partial charge in [0, 0.05) is 18.7 Å². The Morgan fingerprint density at radius 2 is 2.10 bits per heavy atom. The molecule has 3 nitrogen and oxygen atoms in total. The van der Waals surface area contributed by atoms with E-state index in [0.717, 1.165) is 46.2 Å². The van der Waals surface area contributed by atoms with Gasteiger partial charge in [-0.2, -0.15) is 0 Å². The maximum Gasteiger partial charge on any atom is 0.186 e. The first-order valence-electron chi connectivity index (χ1n) is 7.60. The predicted octanol–water partition coefficient (Wildman–Crippen LogP) is 3.78. The fourth-order valence-corrected chi connectivity index (χ4v) is 3.89. The van der Waals surface area contributed by atoms with Crippen LogP contribution in [0.1, 0.15) is 25.1 Å². The van der Waals surface area contributed by atoms with E-state index in [1.165, 1.54) is 6.42 Å². The number of aliphatic hydroxyl groups excluding tert-OH is 1. The van der Waals surface area contributed by atoms with Crippen LogP contribution in [-0.4, -0.2) is 23.2 Å². The maximum atomic E-state index is 9.63. The summed E-state index contributed by atoms with van der Waals surface area (Å²) >= 11 is 1.63. The van der Waals surface area contributed by atoms with E-state index in [2.05, 4.69) is 30.9 Å². The molecule has 0 aliphatic carbocycles. The third-order valence-electron chi connectivity index (χ3n) is 4.31. The third-order valence-corrected chi connectivity index (χ3v) is 5.42. The Kier molecular flexibility index (Phi) is 4.27. The molecule has 21 heavy (non-hydrogen) atoms. The Bertz CT molecular complexity index is 594. The highest BCUT2D eigenvalue weighted by Gasteiger charge is 2.27. The number of rotatable bonds is 4. The summed E-state index contributed by atoms with van der Waals surface area (Å²) in [7, 11) is 0. The minimum absolute atomic E-state index is 0.0589. The van der Waals surface area contributed by atoms with Gasteiger partial charge in [0.25, 0.3) is 0 Å². The van der Waals surface area contributed by atoms with E-state index in [9.17, 15) is 5.11 Å². The van der Waals surface area contributed by atoms with Crippen molar-refractivity contribution in [1.29, 1.82) is 0 Å². The Balaban J connectivity index is 1.87. The second-order valence-electron chi connectivity index (χ2n) is 6.03. The number of aliphatic hydroxyl groups is 1. The lowest BCUT2D eigenvalue weighted by Crippen LogP contribution is -2.20. The van der Waals surface area contributed by atoms with Crippen LogP contribution in [0.3, 0.4) is 0 Å². The molecule has 0 radical (unpaired) electrons. The fourth-order valence-electron chi connectivity index (χ4n) is 2.91. The van der Waals surface area contributed by atoms with Crippen LogP contribution in [0.25, 0.3) is 11.3 Å². The van der Waals surface area contributed by atoms with Crippen molar-refractivity contribution in [3.63, 3.8) is 0 Å². The van der Waals surface area contributed by atoms with Crippen LogP contribution in [0, 0.1) is 11.8 Å². The first-order valence-corrected chi connectivity index (χ1v) is 8.41. The van der Waals surface area contributed by atoms with Crippen LogP contribution in [0.5, 0.6) is 0 Å². The molecular formula is C17H22N2OS. The van der Waals surface area contributed by atoms with Gasteiger partial charge in [-0.25, -0.2) is 4.98 Å². The summed E-state index contributed by atoms with van der Waals surface area (Å²) in [6, 6.07) is 10.1. The van der Waals surface area contributed by atoms with Gasteiger partial charge in [-0.05, 0) is 18.3 Å². The molecule has 3 rings (SSSR count). The summed E-state index contributed by atoms with van der Waals surface area (Å²) in [6.45, 7) is 6.82. The second kappa shape index (κ2) is 6.16. The molecule has 2 heterocycles. The highest BCUT2D eigenvalue weighted by atomic mass is 32.1. The zero-order chi connectivity index (χ0) is 14.8. The van der Waals surface area contributed by atoms with E-state index in [1.807, 2.05) is 18.2 Å². The minimum Gasteiger partial charge on any atom is -0.391 e. The summed E-state index contributed by atoms with van der Waals surface area (Å²) in [5, 5.41) is 10.7. The lowest BCUT2D eigenvalue weighted by atomic mass is 9.95. The molecule has 2 aromatic rings. The maximum absolute atomic E-state index is 9.63. The lowest BCUT2D eigenvalue weighted by Gasteiger charge is -2.16. The van der Waals surface area contributed by atoms with E-state index in [1.54, 1.807) is 11.3 Å². The van der Waals surface area contributed by atoms with Crippen molar-refractivity contribution in [1.82, 2.24) is 4.98 Å². The summed E-state index contributed by atoms with van der Waals surface area (Å²) in [4.78, 5) is 8.15. The highest BCUT2D eigenvalue weighted by molar-refractivity contribution is 7.16.